The largest absolute Gasteiger partial charge is 0.502 e. The molecule has 7 nitrogen and oxygen atoms in total. The maximum Gasteiger partial charge on any atom is 0.357 e. The molecule has 0 aromatic rings. The van der Waals surface area contributed by atoms with Gasteiger partial charge in [-0.2, -0.15) is 0 Å². The molecular weight excluding hydrogens is 360 g/mol. The van der Waals surface area contributed by atoms with Crippen LogP contribution in [-0.4, -0.2) is 32.0 Å². The van der Waals surface area contributed by atoms with Crippen LogP contribution in [0.4, 0.5) is 0 Å². The van der Waals surface area contributed by atoms with E-state index in [0.717, 1.165) is 19.1 Å². The molecule has 2 N–H and O–H groups in total. The van der Waals surface area contributed by atoms with Crippen molar-refractivity contribution in [3.8, 4) is 0 Å². The number of hydrogen-bond acceptors (Lipinski definition) is 5. The summed E-state index contributed by atoms with van der Waals surface area (Å²) < 4.78 is 9.23. The molecule has 0 aliphatic heterocycles. The molecular formula is C21H32N2O5. The van der Waals surface area contributed by atoms with Gasteiger partial charge in [-0.25, -0.2) is 4.79 Å². The first-order valence-electron chi connectivity index (χ1n) is 9.33. The van der Waals surface area contributed by atoms with Crippen molar-refractivity contribution in [2.75, 3.05) is 14.2 Å². The summed E-state index contributed by atoms with van der Waals surface area (Å²) in [4.78, 5) is 35.7. The number of nitrogens with one attached hydrogen (secondary N) is 2. The summed E-state index contributed by atoms with van der Waals surface area (Å²) >= 11 is 0. The average Bonchev–Trinajstić information content (AvgIpc) is 2.68. The Bertz CT molecular complexity index is 633. The lowest BCUT2D eigenvalue weighted by atomic mass is 10.1. The van der Waals surface area contributed by atoms with Crippen LogP contribution in [0.1, 0.15) is 52.4 Å². The fraction of sp³-hybridized carbons (Fsp3) is 0.476. The molecule has 0 aliphatic carbocycles. The van der Waals surface area contributed by atoms with Gasteiger partial charge in [-0.15, -0.1) is 0 Å². The number of rotatable bonds is 13. The van der Waals surface area contributed by atoms with Crippen LogP contribution < -0.4 is 10.6 Å². The Hall–Kier alpha value is -2.83. The van der Waals surface area contributed by atoms with E-state index < -0.39 is 17.8 Å². The van der Waals surface area contributed by atoms with E-state index in [-0.39, 0.29) is 11.4 Å². The van der Waals surface area contributed by atoms with E-state index in [1.165, 1.54) is 39.9 Å². The number of hydrogen-bond donors (Lipinski definition) is 2. The first-order valence-corrected chi connectivity index (χ1v) is 9.33. The molecule has 0 saturated carbocycles. The van der Waals surface area contributed by atoms with E-state index in [2.05, 4.69) is 28.9 Å². The highest BCUT2D eigenvalue weighted by molar-refractivity contribution is 6.04. The normalized spacial score (nSPS) is 11.9. The molecule has 0 saturated heterocycles. The van der Waals surface area contributed by atoms with E-state index in [4.69, 9.17) is 4.74 Å². The van der Waals surface area contributed by atoms with Crippen LogP contribution in [-0.2, 0) is 23.9 Å². The van der Waals surface area contributed by atoms with Gasteiger partial charge < -0.3 is 20.1 Å². The number of carbonyl (C=O) groups excluding carboxylic acids is 3. The molecule has 0 spiro atoms. The minimum absolute atomic E-state index is 0.205. The molecule has 2 amide bonds. The van der Waals surface area contributed by atoms with Crippen molar-refractivity contribution < 1.29 is 23.9 Å². The Morgan fingerprint density at radius 2 is 1.68 bits per heavy atom. The van der Waals surface area contributed by atoms with Gasteiger partial charge in [0.15, 0.2) is 5.70 Å². The second-order valence-corrected chi connectivity index (χ2v) is 6.13. The van der Waals surface area contributed by atoms with Crippen LogP contribution in [0.3, 0.4) is 0 Å². The number of methoxy groups -OCH3 is 2. The predicted molar refractivity (Wildman–Crippen MR) is 109 cm³/mol. The van der Waals surface area contributed by atoms with Crippen molar-refractivity contribution in [1.29, 1.82) is 0 Å². The van der Waals surface area contributed by atoms with Crippen LogP contribution in [0, 0.1) is 0 Å². The Kier molecular flexibility index (Phi) is 13.7. The van der Waals surface area contributed by atoms with Gasteiger partial charge in [0.2, 0.25) is 0 Å². The summed E-state index contributed by atoms with van der Waals surface area (Å²) in [6.45, 7) is 7.33. The van der Waals surface area contributed by atoms with Crippen LogP contribution in [0.15, 0.2) is 48.0 Å². The fourth-order valence-corrected chi connectivity index (χ4v) is 2.10. The second kappa shape index (κ2) is 15.2. The van der Waals surface area contributed by atoms with Gasteiger partial charge in [0.25, 0.3) is 11.8 Å². The summed E-state index contributed by atoms with van der Waals surface area (Å²) in [6.07, 6.45) is 13.6. The molecule has 0 radical (unpaired) electrons. The SMILES string of the molecule is C=C(NC(=O)/C(C)=C/C=C\CCCCCCC)C(=O)N/C(=C\OC)C(=O)OC. The third-order valence-corrected chi connectivity index (χ3v) is 3.74. The quantitative estimate of drug-likeness (QED) is 0.165. The first kappa shape index (κ1) is 25.2. The summed E-state index contributed by atoms with van der Waals surface area (Å²) in [5, 5.41) is 4.66. The fourth-order valence-electron chi connectivity index (χ4n) is 2.10. The molecule has 0 aromatic carbocycles. The van der Waals surface area contributed by atoms with Crippen molar-refractivity contribution in [1.82, 2.24) is 10.6 Å². The maximum absolute atomic E-state index is 12.1. The molecule has 0 aromatic heterocycles. The molecule has 0 atom stereocenters. The van der Waals surface area contributed by atoms with Crippen LogP contribution in [0.25, 0.3) is 0 Å². The molecule has 7 heteroatoms. The van der Waals surface area contributed by atoms with Gasteiger partial charge in [-0.05, 0) is 19.8 Å². The third kappa shape index (κ3) is 11.0. The van der Waals surface area contributed by atoms with Crippen LogP contribution in [0.5, 0.6) is 0 Å². The van der Waals surface area contributed by atoms with Crippen molar-refractivity contribution in [2.45, 2.75) is 52.4 Å². The first-order chi connectivity index (χ1) is 13.4. The summed E-state index contributed by atoms with van der Waals surface area (Å²) in [6, 6.07) is 0. The van der Waals surface area contributed by atoms with Gasteiger partial charge in [-0.1, -0.05) is 57.4 Å². The standard InChI is InChI=1S/C21H32N2O5/c1-6-7-8-9-10-11-12-13-14-16(2)19(24)22-17(3)20(25)23-18(15-27-4)21(26)28-5/h12-15H,3,6-11H2,1-2,4-5H3,(H,22,24)(H,23,25)/b13-12-,16-14+,18-15-. The molecule has 156 valence electrons. The molecule has 0 unspecified atom stereocenters. The Balaban J connectivity index is 4.50. The second-order valence-electron chi connectivity index (χ2n) is 6.13. The summed E-state index contributed by atoms with van der Waals surface area (Å²) in [7, 11) is 2.49. The van der Waals surface area contributed by atoms with E-state index in [9.17, 15) is 14.4 Å². The number of unbranched alkanes of at least 4 members (excludes halogenated alkanes) is 5. The molecule has 28 heavy (non-hydrogen) atoms. The highest BCUT2D eigenvalue weighted by Gasteiger charge is 2.17. The van der Waals surface area contributed by atoms with Crippen molar-refractivity contribution in [3.05, 3.63) is 48.0 Å². The zero-order valence-electron chi connectivity index (χ0n) is 17.3. The zero-order valence-corrected chi connectivity index (χ0v) is 17.3. The maximum atomic E-state index is 12.1. The lowest BCUT2D eigenvalue weighted by Crippen LogP contribution is -2.36. The molecule has 0 fully saturated rings. The smallest absolute Gasteiger partial charge is 0.357 e. The van der Waals surface area contributed by atoms with Crippen LogP contribution >= 0.6 is 0 Å². The van der Waals surface area contributed by atoms with E-state index >= 15 is 0 Å². The molecule has 0 rings (SSSR count). The Morgan fingerprint density at radius 3 is 2.29 bits per heavy atom. The number of esters is 1. The molecule has 0 heterocycles. The summed E-state index contributed by atoms with van der Waals surface area (Å²) in [5.74, 6) is -1.99. The topological polar surface area (TPSA) is 93.7 Å². The average molecular weight is 392 g/mol. The lowest BCUT2D eigenvalue weighted by Gasteiger charge is -2.10. The number of amides is 2. The number of carbonyl (C=O) groups is 3. The highest BCUT2D eigenvalue weighted by Crippen LogP contribution is 2.06. The zero-order chi connectivity index (χ0) is 21.4. The van der Waals surface area contributed by atoms with E-state index in [1.807, 2.05) is 12.2 Å². The predicted octanol–water partition coefficient (Wildman–Crippen LogP) is 3.26. The van der Waals surface area contributed by atoms with Gasteiger partial charge >= 0.3 is 5.97 Å². The number of ether oxygens (including phenoxy) is 2. The summed E-state index contributed by atoms with van der Waals surface area (Å²) in [5.41, 5.74) is 0.0138. The van der Waals surface area contributed by atoms with Crippen molar-refractivity contribution >= 4 is 17.8 Å². The Morgan fingerprint density at radius 1 is 1.00 bits per heavy atom. The molecule has 0 bridgehead atoms. The highest BCUT2D eigenvalue weighted by atomic mass is 16.5. The van der Waals surface area contributed by atoms with Gasteiger partial charge in [0.1, 0.15) is 6.26 Å². The van der Waals surface area contributed by atoms with Gasteiger partial charge in [0, 0.05) is 5.57 Å². The van der Waals surface area contributed by atoms with Gasteiger partial charge in [-0.3, -0.25) is 9.59 Å². The minimum Gasteiger partial charge on any atom is -0.502 e. The molecule has 0 aliphatic rings. The third-order valence-electron chi connectivity index (χ3n) is 3.74. The van der Waals surface area contributed by atoms with Gasteiger partial charge in [0.05, 0.1) is 19.9 Å². The monoisotopic (exact) mass is 392 g/mol. The van der Waals surface area contributed by atoms with Crippen molar-refractivity contribution in [2.24, 2.45) is 0 Å². The number of allylic oxidation sites excluding steroid dienone is 3. The minimum atomic E-state index is -0.787. The van der Waals surface area contributed by atoms with Crippen LogP contribution in [0.2, 0.25) is 0 Å². The lowest BCUT2D eigenvalue weighted by molar-refractivity contribution is -0.137. The van der Waals surface area contributed by atoms with E-state index in [0.29, 0.717) is 5.57 Å². The van der Waals surface area contributed by atoms with E-state index in [1.54, 1.807) is 13.0 Å². The van der Waals surface area contributed by atoms with Crippen molar-refractivity contribution in [3.63, 3.8) is 0 Å². The Labute approximate surface area is 167 Å².